The molecule has 0 spiro atoms. The fourth-order valence-corrected chi connectivity index (χ4v) is 2.76. The molecule has 2 aromatic rings. The molecule has 1 aliphatic heterocycles. The van der Waals surface area contributed by atoms with Crippen molar-refractivity contribution in [2.24, 2.45) is 5.73 Å². The van der Waals surface area contributed by atoms with E-state index >= 15 is 0 Å². The maximum Gasteiger partial charge on any atom is 0.338 e. The number of pyridine rings is 1. The van der Waals surface area contributed by atoms with Gasteiger partial charge < -0.3 is 16.2 Å². The number of primary amides is 1. The maximum atomic E-state index is 11.3. The van der Waals surface area contributed by atoms with Gasteiger partial charge in [-0.1, -0.05) is 0 Å². The Morgan fingerprint density at radius 1 is 1.38 bits per heavy atom. The lowest BCUT2D eigenvalue weighted by Gasteiger charge is -2.29. The number of rotatable bonds is 3. The lowest BCUT2D eigenvalue weighted by molar-refractivity contribution is -0.120. The van der Waals surface area contributed by atoms with Gasteiger partial charge in [0, 0.05) is 11.6 Å². The molecule has 8 nitrogen and oxygen atoms in total. The number of carboxylic acids is 1. The second-order valence-electron chi connectivity index (χ2n) is 5.10. The van der Waals surface area contributed by atoms with Crippen LogP contribution in [0, 0.1) is 0 Å². The summed E-state index contributed by atoms with van der Waals surface area (Å²) in [5.41, 5.74) is 6.12. The van der Waals surface area contributed by atoms with Crippen LogP contribution in [0.5, 0.6) is 0 Å². The van der Waals surface area contributed by atoms with Crippen LogP contribution in [0.3, 0.4) is 0 Å². The van der Waals surface area contributed by atoms with Gasteiger partial charge in [-0.2, -0.15) is 5.10 Å². The van der Waals surface area contributed by atoms with E-state index < -0.39 is 12.0 Å². The van der Waals surface area contributed by atoms with E-state index in [1.54, 1.807) is 10.9 Å². The summed E-state index contributed by atoms with van der Waals surface area (Å²) in [5.74, 6) is -1.42. The maximum absolute atomic E-state index is 11.3. The van der Waals surface area contributed by atoms with Crippen LogP contribution in [0.15, 0.2) is 18.6 Å². The lowest BCUT2D eigenvalue weighted by Crippen LogP contribution is -2.47. The van der Waals surface area contributed by atoms with Crippen LogP contribution in [0.2, 0.25) is 0 Å². The van der Waals surface area contributed by atoms with Gasteiger partial charge in [-0.25, -0.2) is 4.79 Å². The fraction of sp³-hybridized carbons (Fsp3) is 0.385. The molecule has 2 unspecified atom stereocenters. The van der Waals surface area contributed by atoms with Crippen LogP contribution < -0.4 is 11.1 Å². The third-order valence-electron chi connectivity index (χ3n) is 3.82. The Hall–Kier alpha value is -2.48. The molecule has 1 fully saturated rings. The molecule has 2 aromatic heterocycles. The number of nitrogens with two attached hydrogens (primary N) is 1. The average Bonchev–Trinajstić information content (AvgIpc) is 2.91. The molecule has 110 valence electrons. The third-order valence-corrected chi connectivity index (χ3v) is 3.82. The van der Waals surface area contributed by atoms with Gasteiger partial charge in [0.05, 0.1) is 35.6 Å². The summed E-state index contributed by atoms with van der Waals surface area (Å²) in [6, 6.07) is -0.397. The van der Waals surface area contributed by atoms with E-state index in [1.807, 2.05) is 0 Å². The first-order valence-corrected chi connectivity index (χ1v) is 6.65. The van der Waals surface area contributed by atoms with Crippen molar-refractivity contribution in [3.8, 4) is 0 Å². The Morgan fingerprint density at radius 2 is 2.19 bits per heavy atom. The topological polar surface area (TPSA) is 123 Å². The standard InChI is InChI=1S/C13H15N5O3/c14-12(19)10-3-7(1-2-16-10)18-11-6-15-4-9(13(20)21)8(11)5-17-18/h4-7,10,16H,1-3H2,(H2,14,19)(H,20,21). The van der Waals surface area contributed by atoms with Crippen molar-refractivity contribution in [3.05, 3.63) is 24.2 Å². The number of nitrogens with one attached hydrogen (secondary N) is 1. The summed E-state index contributed by atoms with van der Waals surface area (Å²) < 4.78 is 1.74. The average molecular weight is 289 g/mol. The number of carbonyl (C=O) groups is 2. The van der Waals surface area contributed by atoms with Crippen LogP contribution >= 0.6 is 0 Å². The van der Waals surface area contributed by atoms with Crippen LogP contribution in [0.25, 0.3) is 10.9 Å². The zero-order chi connectivity index (χ0) is 15.0. The molecule has 4 N–H and O–H groups in total. The van der Waals surface area contributed by atoms with Crippen LogP contribution in [-0.4, -0.2) is 44.3 Å². The van der Waals surface area contributed by atoms with E-state index in [9.17, 15) is 9.59 Å². The second kappa shape index (κ2) is 5.13. The number of hydrogen-bond donors (Lipinski definition) is 3. The van der Waals surface area contributed by atoms with Crippen molar-refractivity contribution in [2.75, 3.05) is 6.54 Å². The Balaban J connectivity index is 1.99. The van der Waals surface area contributed by atoms with E-state index in [4.69, 9.17) is 10.8 Å². The second-order valence-corrected chi connectivity index (χ2v) is 5.10. The minimum atomic E-state index is -1.03. The number of nitrogens with zero attached hydrogens (tertiary/aromatic N) is 3. The molecule has 1 amide bonds. The zero-order valence-corrected chi connectivity index (χ0v) is 11.2. The predicted octanol–water partition coefficient (Wildman–Crippen LogP) is -0.0921. The van der Waals surface area contributed by atoms with Crippen LogP contribution in [0.4, 0.5) is 0 Å². The highest BCUT2D eigenvalue weighted by Crippen LogP contribution is 2.26. The number of amides is 1. The monoisotopic (exact) mass is 289 g/mol. The van der Waals surface area contributed by atoms with Gasteiger partial charge in [-0.3, -0.25) is 14.5 Å². The largest absolute Gasteiger partial charge is 0.478 e. The van der Waals surface area contributed by atoms with E-state index in [0.717, 1.165) is 6.42 Å². The first-order valence-electron chi connectivity index (χ1n) is 6.65. The molecule has 3 rings (SSSR count). The van der Waals surface area contributed by atoms with Crippen molar-refractivity contribution in [1.82, 2.24) is 20.1 Å². The predicted molar refractivity (Wildman–Crippen MR) is 73.7 cm³/mol. The van der Waals surface area contributed by atoms with E-state index in [1.165, 1.54) is 12.4 Å². The summed E-state index contributed by atoms with van der Waals surface area (Å²) in [4.78, 5) is 26.5. The Kier molecular flexibility index (Phi) is 3.30. The van der Waals surface area contributed by atoms with Crippen molar-refractivity contribution < 1.29 is 14.7 Å². The molecule has 1 aliphatic rings. The number of piperidine rings is 1. The normalized spacial score (nSPS) is 22.3. The number of hydrogen-bond acceptors (Lipinski definition) is 5. The minimum absolute atomic E-state index is 0.00732. The summed E-state index contributed by atoms with van der Waals surface area (Å²) in [6.45, 7) is 0.658. The van der Waals surface area contributed by atoms with Crippen molar-refractivity contribution in [2.45, 2.75) is 24.9 Å². The number of carbonyl (C=O) groups excluding carboxylic acids is 1. The van der Waals surface area contributed by atoms with Crippen LogP contribution in [0.1, 0.15) is 29.2 Å². The van der Waals surface area contributed by atoms with Gasteiger partial charge in [0.15, 0.2) is 0 Å². The highest BCUT2D eigenvalue weighted by atomic mass is 16.4. The summed E-state index contributed by atoms with van der Waals surface area (Å²) >= 11 is 0. The Morgan fingerprint density at radius 3 is 2.90 bits per heavy atom. The van der Waals surface area contributed by atoms with Gasteiger partial charge in [0.2, 0.25) is 5.91 Å². The van der Waals surface area contributed by atoms with Gasteiger partial charge in [0.1, 0.15) is 0 Å². The molecule has 1 saturated heterocycles. The molecule has 0 radical (unpaired) electrons. The molecular formula is C13H15N5O3. The molecular weight excluding hydrogens is 274 g/mol. The Bertz CT molecular complexity index is 711. The van der Waals surface area contributed by atoms with E-state index in [-0.39, 0.29) is 17.5 Å². The molecule has 21 heavy (non-hydrogen) atoms. The smallest absolute Gasteiger partial charge is 0.338 e. The van der Waals surface area contributed by atoms with Crippen molar-refractivity contribution in [3.63, 3.8) is 0 Å². The molecule has 8 heteroatoms. The summed E-state index contributed by atoms with van der Waals surface area (Å²) in [7, 11) is 0. The summed E-state index contributed by atoms with van der Waals surface area (Å²) in [5, 5.41) is 17.1. The number of carboxylic acid groups (broad SMARTS) is 1. The third kappa shape index (κ3) is 2.33. The van der Waals surface area contributed by atoms with Gasteiger partial charge in [0.25, 0.3) is 0 Å². The van der Waals surface area contributed by atoms with E-state index in [2.05, 4.69) is 15.4 Å². The lowest BCUT2D eigenvalue weighted by atomic mass is 9.99. The minimum Gasteiger partial charge on any atom is -0.478 e. The molecule has 0 aliphatic carbocycles. The fourth-order valence-electron chi connectivity index (χ4n) is 2.76. The van der Waals surface area contributed by atoms with Crippen LogP contribution in [-0.2, 0) is 4.79 Å². The van der Waals surface area contributed by atoms with Gasteiger partial charge in [-0.05, 0) is 19.4 Å². The zero-order valence-electron chi connectivity index (χ0n) is 11.2. The highest BCUT2D eigenvalue weighted by Gasteiger charge is 2.28. The van der Waals surface area contributed by atoms with Crippen molar-refractivity contribution in [1.29, 1.82) is 0 Å². The molecule has 3 heterocycles. The molecule has 0 bridgehead atoms. The Labute approximate surface area is 119 Å². The molecule has 2 atom stereocenters. The quantitative estimate of drug-likeness (QED) is 0.725. The number of aromatic carboxylic acids is 1. The first kappa shape index (κ1) is 13.5. The number of aromatic nitrogens is 3. The first-order chi connectivity index (χ1) is 10.1. The highest BCUT2D eigenvalue weighted by molar-refractivity contribution is 6.01. The SMILES string of the molecule is NC(=O)C1CC(n2ncc3c(C(=O)O)cncc32)CCN1. The van der Waals surface area contributed by atoms with E-state index in [0.29, 0.717) is 23.9 Å². The van der Waals surface area contributed by atoms with Gasteiger partial charge in [-0.15, -0.1) is 0 Å². The molecule has 0 aromatic carbocycles. The molecule has 0 saturated carbocycles. The van der Waals surface area contributed by atoms with Crippen molar-refractivity contribution >= 4 is 22.8 Å². The summed E-state index contributed by atoms with van der Waals surface area (Å²) in [6.07, 6.45) is 5.75. The number of fused-ring (bicyclic) bond motifs is 1. The van der Waals surface area contributed by atoms with Gasteiger partial charge >= 0.3 is 5.97 Å².